The van der Waals surface area contributed by atoms with Crippen LogP contribution in [0.4, 0.5) is 0 Å². The topological polar surface area (TPSA) is 80.2 Å². The zero-order valence-corrected chi connectivity index (χ0v) is 11.1. The van der Waals surface area contributed by atoms with Crippen molar-refractivity contribution in [3.05, 3.63) is 54.6 Å². The van der Waals surface area contributed by atoms with E-state index in [-0.39, 0.29) is 5.69 Å². The summed E-state index contributed by atoms with van der Waals surface area (Å²) in [6.07, 6.45) is 0. The van der Waals surface area contributed by atoms with E-state index in [4.69, 9.17) is 0 Å². The van der Waals surface area contributed by atoms with Gasteiger partial charge in [-0.25, -0.2) is 9.97 Å². The number of benzene rings is 2. The minimum Gasteiger partial charge on any atom is -0.281 e. The second-order valence-corrected chi connectivity index (χ2v) is 5.54. The molecule has 0 radical (unpaired) electrons. The Morgan fingerprint density at radius 1 is 0.800 bits per heavy atom. The van der Waals surface area contributed by atoms with Crippen LogP contribution in [0.1, 0.15) is 0 Å². The van der Waals surface area contributed by atoms with Gasteiger partial charge in [-0.2, -0.15) is 8.42 Å². The summed E-state index contributed by atoms with van der Waals surface area (Å²) in [5.74, 6) is 0. The van der Waals surface area contributed by atoms with Crippen molar-refractivity contribution in [3.8, 4) is 11.3 Å². The van der Waals surface area contributed by atoms with Crippen molar-refractivity contribution in [2.45, 2.75) is 5.03 Å². The van der Waals surface area contributed by atoms with Gasteiger partial charge >= 0.3 is 10.1 Å². The molecular weight excluding hydrogens is 276 g/mol. The number of nitrogens with zero attached hydrogens (tertiary/aromatic N) is 2. The van der Waals surface area contributed by atoms with Crippen LogP contribution in [0.3, 0.4) is 0 Å². The first-order chi connectivity index (χ1) is 9.55. The van der Waals surface area contributed by atoms with Crippen molar-refractivity contribution in [2.75, 3.05) is 0 Å². The largest absolute Gasteiger partial charge is 0.314 e. The minimum absolute atomic E-state index is 0.145. The highest BCUT2D eigenvalue weighted by Crippen LogP contribution is 2.26. The van der Waals surface area contributed by atoms with E-state index in [9.17, 15) is 13.0 Å². The molecule has 1 aromatic heterocycles. The van der Waals surface area contributed by atoms with Crippen molar-refractivity contribution >= 4 is 21.2 Å². The third kappa shape index (κ3) is 2.26. The van der Waals surface area contributed by atoms with E-state index in [1.165, 1.54) is 0 Å². The van der Waals surface area contributed by atoms with Crippen LogP contribution < -0.4 is 0 Å². The quantitative estimate of drug-likeness (QED) is 0.732. The molecule has 0 aliphatic heterocycles. The second kappa shape index (κ2) is 4.66. The van der Waals surface area contributed by atoms with E-state index in [2.05, 4.69) is 9.97 Å². The summed E-state index contributed by atoms with van der Waals surface area (Å²) in [5.41, 5.74) is 1.71. The maximum atomic E-state index is 11.5. The molecule has 3 rings (SSSR count). The molecule has 3 aromatic rings. The molecular formula is C14H10N2O3S. The highest BCUT2D eigenvalue weighted by Gasteiger charge is 2.21. The molecule has 2 aromatic carbocycles. The van der Waals surface area contributed by atoms with E-state index < -0.39 is 15.1 Å². The van der Waals surface area contributed by atoms with Crippen molar-refractivity contribution in [1.82, 2.24) is 9.97 Å². The Morgan fingerprint density at radius 2 is 1.35 bits per heavy atom. The van der Waals surface area contributed by atoms with Crippen molar-refractivity contribution in [3.63, 3.8) is 0 Å². The molecule has 1 heterocycles. The molecule has 6 heteroatoms. The summed E-state index contributed by atoms with van der Waals surface area (Å²) in [7, 11) is -4.45. The van der Waals surface area contributed by atoms with E-state index in [0.717, 1.165) is 0 Å². The Kier molecular flexibility index (Phi) is 2.96. The number of hydrogen-bond donors (Lipinski definition) is 1. The van der Waals surface area contributed by atoms with Gasteiger partial charge in [0.1, 0.15) is 5.69 Å². The van der Waals surface area contributed by atoms with E-state index in [0.29, 0.717) is 16.6 Å². The summed E-state index contributed by atoms with van der Waals surface area (Å²) in [5, 5.41) is -0.428. The monoisotopic (exact) mass is 286 g/mol. The molecule has 0 bridgehead atoms. The third-order valence-electron chi connectivity index (χ3n) is 2.83. The van der Waals surface area contributed by atoms with Gasteiger partial charge in [0, 0.05) is 5.56 Å². The van der Waals surface area contributed by atoms with Gasteiger partial charge in [-0.3, -0.25) is 4.55 Å². The first kappa shape index (κ1) is 12.7. The van der Waals surface area contributed by atoms with Crippen molar-refractivity contribution in [2.24, 2.45) is 0 Å². The van der Waals surface area contributed by atoms with Gasteiger partial charge in [-0.05, 0) is 12.1 Å². The standard InChI is InChI=1S/C14H10N2O3S/c17-20(18,19)14-13(10-6-2-1-3-7-10)15-11-8-4-5-9-12(11)16-14/h1-9H,(H,17,18,19). The van der Waals surface area contributed by atoms with Crippen LogP contribution in [0.5, 0.6) is 0 Å². The number of aromatic nitrogens is 2. The van der Waals surface area contributed by atoms with Gasteiger partial charge < -0.3 is 0 Å². The molecule has 0 atom stereocenters. The molecule has 5 nitrogen and oxygen atoms in total. The summed E-state index contributed by atoms with van der Waals surface area (Å²) < 4.78 is 32.4. The van der Waals surface area contributed by atoms with E-state index >= 15 is 0 Å². The molecule has 0 unspecified atom stereocenters. The first-order valence-electron chi connectivity index (χ1n) is 5.85. The highest BCUT2D eigenvalue weighted by molar-refractivity contribution is 7.85. The molecule has 0 aliphatic carbocycles. The zero-order valence-electron chi connectivity index (χ0n) is 10.3. The van der Waals surface area contributed by atoms with Crippen LogP contribution in [0.25, 0.3) is 22.3 Å². The number of hydrogen-bond acceptors (Lipinski definition) is 4. The predicted molar refractivity (Wildman–Crippen MR) is 74.8 cm³/mol. The molecule has 20 heavy (non-hydrogen) atoms. The minimum atomic E-state index is -4.45. The Bertz CT molecular complexity index is 877. The molecule has 0 amide bonds. The average Bonchev–Trinajstić information content (AvgIpc) is 2.46. The number of para-hydroxylation sites is 2. The number of fused-ring (bicyclic) bond motifs is 1. The van der Waals surface area contributed by atoms with Crippen LogP contribution in [0.15, 0.2) is 59.6 Å². The van der Waals surface area contributed by atoms with Crippen LogP contribution in [0.2, 0.25) is 0 Å². The Labute approximate surface area is 115 Å². The smallest absolute Gasteiger partial charge is 0.281 e. The van der Waals surface area contributed by atoms with Gasteiger partial charge in [0.2, 0.25) is 5.03 Å². The van der Waals surface area contributed by atoms with Crippen molar-refractivity contribution in [1.29, 1.82) is 0 Å². The normalized spacial score (nSPS) is 11.7. The van der Waals surface area contributed by atoms with Crippen LogP contribution in [-0.4, -0.2) is 22.9 Å². The summed E-state index contributed by atoms with van der Waals surface area (Å²) in [4.78, 5) is 8.33. The lowest BCUT2D eigenvalue weighted by Gasteiger charge is -2.07. The Morgan fingerprint density at radius 3 is 1.95 bits per heavy atom. The predicted octanol–water partition coefficient (Wildman–Crippen LogP) is 2.54. The first-order valence-corrected chi connectivity index (χ1v) is 7.29. The van der Waals surface area contributed by atoms with E-state index in [1.54, 1.807) is 48.5 Å². The van der Waals surface area contributed by atoms with Gasteiger partial charge in [-0.1, -0.05) is 42.5 Å². The molecule has 100 valence electrons. The van der Waals surface area contributed by atoms with Crippen LogP contribution >= 0.6 is 0 Å². The fraction of sp³-hybridized carbons (Fsp3) is 0. The van der Waals surface area contributed by atoms with Gasteiger partial charge in [0.25, 0.3) is 0 Å². The van der Waals surface area contributed by atoms with Crippen molar-refractivity contribution < 1.29 is 13.0 Å². The summed E-state index contributed by atoms with van der Waals surface area (Å²) in [6, 6.07) is 15.7. The maximum absolute atomic E-state index is 11.5. The summed E-state index contributed by atoms with van der Waals surface area (Å²) in [6.45, 7) is 0. The highest BCUT2D eigenvalue weighted by atomic mass is 32.2. The fourth-order valence-electron chi connectivity index (χ4n) is 1.95. The lowest BCUT2D eigenvalue weighted by Crippen LogP contribution is -2.06. The fourth-order valence-corrected chi connectivity index (χ4v) is 2.57. The van der Waals surface area contributed by atoms with Gasteiger partial charge in [0.15, 0.2) is 0 Å². The third-order valence-corrected chi connectivity index (χ3v) is 3.60. The SMILES string of the molecule is O=S(=O)(O)c1nc2ccccc2nc1-c1ccccc1. The maximum Gasteiger partial charge on any atom is 0.314 e. The Balaban J connectivity index is 2.40. The second-order valence-electron chi connectivity index (χ2n) is 4.21. The average molecular weight is 286 g/mol. The lowest BCUT2D eigenvalue weighted by molar-refractivity contribution is 0.480. The van der Waals surface area contributed by atoms with Crippen LogP contribution in [-0.2, 0) is 10.1 Å². The van der Waals surface area contributed by atoms with Gasteiger partial charge in [0.05, 0.1) is 11.0 Å². The molecule has 0 aliphatic rings. The molecule has 0 saturated heterocycles. The number of rotatable bonds is 2. The Hall–Kier alpha value is -2.31. The van der Waals surface area contributed by atoms with E-state index in [1.807, 2.05) is 6.07 Å². The molecule has 0 fully saturated rings. The van der Waals surface area contributed by atoms with Gasteiger partial charge in [-0.15, -0.1) is 0 Å². The molecule has 0 saturated carbocycles. The lowest BCUT2D eigenvalue weighted by atomic mass is 10.1. The zero-order chi connectivity index (χ0) is 14.2. The molecule has 0 spiro atoms. The molecule has 1 N–H and O–H groups in total. The van der Waals surface area contributed by atoms with Crippen LogP contribution in [0, 0.1) is 0 Å². The summed E-state index contributed by atoms with van der Waals surface area (Å²) >= 11 is 0.